The van der Waals surface area contributed by atoms with E-state index in [9.17, 15) is 29.4 Å². The van der Waals surface area contributed by atoms with Crippen LogP contribution >= 0.6 is 0 Å². The molecule has 5 atom stereocenters. The van der Waals surface area contributed by atoms with Crippen molar-refractivity contribution in [2.45, 2.75) is 84.2 Å². The van der Waals surface area contributed by atoms with Crippen LogP contribution in [0.1, 0.15) is 53.9 Å². The maximum absolute atomic E-state index is 12.9. The SMILES string of the molecule is CC(C)CC(NC(=O)C(NC(=O)C(NC(=O)C(N)CCCN=C(N)N)C(C)C)C(C)O)C(=O)O. The van der Waals surface area contributed by atoms with Gasteiger partial charge < -0.3 is 43.4 Å². The fourth-order valence-electron chi connectivity index (χ4n) is 3.05. The number of hydrogen-bond acceptors (Lipinski definition) is 7. The van der Waals surface area contributed by atoms with Crippen molar-refractivity contribution in [3.63, 3.8) is 0 Å². The third kappa shape index (κ3) is 11.8. The van der Waals surface area contributed by atoms with Crippen molar-refractivity contribution in [3.8, 4) is 0 Å². The van der Waals surface area contributed by atoms with Crippen molar-refractivity contribution in [1.29, 1.82) is 0 Å². The molecule has 0 rings (SSSR count). The van der Waals surface area contributed by atoms with Crippen LogP contribution in [-0.2, 0) is 19.2 Å². The summed E-state index contributed by atoms with van der Waals surface area (Å²) in [6.45, 7) is 8.58. The van der Waals surface area contributed by atoms with Gasteiger partial charge in [-0.25, -0.2) is 4.79 Å². The van der Waals surface area contributed by atoms with Crippen LogP contribution < -0.4 is 33.2 Å². The minimum absolute atomic E-state index is 0.00907. The fraction of sp³-hybridized carbons (Fsp3) is 0.762. The van der Waals surface area contributed by atoms with Gasteiger partial charge in [-0.15, -0.1) is 0 Å². The first kappa shape index (κ1) is 31.1. The lowest BCUT2D eigenvalue weighted by Crippen LogP contribution is -2.60. The summed E-state index contributed by atoms with van der Waals surface area (Å²) < 4.78 is 0. The van der Waals surface area contributed by atoms with Crippen molar-refractivity contribution < 1.29 is 29.4 Å². The monoisotopic (exact) mass is 487 g/mol. The summed E-state index contributed by atoms with van der Waals surface area (Å²) in [6, 6.07) is -4.56. The molecule has 0 aromatic rings. The van der Waals surface area contributed by atoms with E-state index in [1.165, 1.54) is 6.92 Å². The van der Waals surface area contributed by atoms with Crippen LogP contribution in [0.5, 0.6) is 0 Å². The van der Waals surface area contributed by atoms with Crippen molar-refractivity contribution in [1.82, 2.24) is 16.0 Å². The smallest absolute Gasteiger partial charge is 0.326 e. The number of aliphatic imine (C=N–C) groups is 1. The van der Waals surface area contributed by atoms with Gasteiger partial charge in [-0.3, -0.25) is 19.4 Å². The lowest BCUT2D eigenvalue weighted by atomic mass is 10.0. The molecular formula is C21H41N7O6. The molecule has 0 aliphatic rings. The number of aliphatic hydroxyl groups is 1. The Morgan fingerprint density at radius 3 is 1.85 bits per heavy atom. The zero-order valence-electron chi connectivity index (χ0n) is 20.6. The van der Waals surface area contributed by atoms with E-state index in [0.29, 0.717) is 13.0 Å². The largest absolute Gasteiger partial charge is 0.480 e. The molecule has 11 N–H and O–H groups in total. The molecule has 13 heteroatoms. The molecule has 3 amide bonds. The number of carboxylic acid groups (broad SMARTS) is 1. The summed E-state index contributed by atoms with van der Waals surface area (Å²) in [5, 5.41) is 26.7. The molecule has 0 fully saturated rings. The quantitative estimate of drug-likeness (QED) is 0.0722. The molecule has 34 heavy (non-hydrogen) atoms. The van der Waals surface area contributed by atoms with Crippen molar-refractivity contribution in [3.05, 3.63) is 0 Å². The second-order valence-corrected chi connectivity index (χ2v) is 9.04. The summed E-state index contributed by atoms with van der Waals surface area (Å²) in [4.78, 5) is 53.3. The number of rotatable bonds is 15. The number of nitrogens with one attached hydrogen (secondary N) is 3. The Labute approximate surface area is 200 Å². The van der Waals surface area contributed by atoms with E-state index in [1.54, 1.807) is 27.7 Å². The van der Waals surface area contributed by atoms with E-state index in [-0.39, 0.29) is 30.6 Å². The van der Waals surface area contributed by atoms with E-state index in [1.807, 2.05) is 0 Å². The first-order valence-electron chi connectivity index (χ1n) is 11.3. The first-order valence-corrected chi connectivity index (χ1v) is 11.3. The minimum Gasteiger partial charge on any atom is -0.480 e. The summed E-state index contributed by atoms with van der Waals surface area (Å²) in [5.41, 5.74) is 16.4. The summed E-state index contributed by atoms with van der Waals surface area (Å²) >= 11 is 0. The van der Waals surface area contributed by atoms with Gasteiger partial charge in [0.1, 0.15) is 18.1 Å². The maximum Gasteiger partial charge on any atom is 0.326 e. The maximum atomic E-state index is 12.9. The van der Waals surface area contributed by atoms with E-state index in [0.717, 1.165) is 0 Å². The van der Waals surface area contributed by atoms with Gasteiger partial charge in [0.25, 0.3) is 0 Å². The fourth-order valence-corrected chi connectivity index (χ4v) is 3.05. The van der Waals surface area contributed by atoms with Gasteiger partial charge in [-0.1, -0.05) is 27.7 Å². The number of nitrogens with two attached hydrogens (primary N) is 3. The molecule has 5 unspecified atom stereocenters. The van der Waals surface area contributed by atoms with E-state index in [2.05, 4.69) is 20.9 Å². The number of aliphatic carboxylic acids is 1. The minimum atomic E-state index is -1.42. The normalized spacial score (nSPS) is 15.6. The Hall–Kier alpha value is -2.93. The summed E-state index contributed by atoms with van der Waals surface area (Å²) in [7, 11) is 0. The van der Waals surface area contributed by atoms with E-state index in [4.69, 9.17) is 17.2 Å². The Kier molecular flexibility index (Phi) is 13.8. The highest BCUT2D eigenvalue weighted by molar-refractivity contribution is 5.94. The highest BCUT2D eigenvalue weighted by Gasteiger charge is 2.33. The molecule has 0 radical (unpaired) electrons. The van der Waals surface area contributed by atoms with Gasteiger partial charge in [0.2, 0.25) is 17.7 Å². The predicted octanol–water partition coefficient (Wildman–Crippen LogP) is -2.01. The van der Waals surface area contributed by atoms with Crippen LogP contribution in [0, 0.1) is 11.8 Å². The van der Waals surface area contributed by atoms with Gasteiger partial charge in [-0.05, 0) is 38.0 Å². The zero-order valence-corrected chi connectivity index (χ0v) is 20.6. The molecule has 0 saturated heterocycles. The van der Waals surface area contributed by atoms with Crippen LogP contribution in [0.4, 0.5) is 0 Å². The van der Waals surface area contributed by atoms with Gasteiger partial charge in [0.15, 0.2) is 5.96 Å². The average molecular weight is 488 g/mol. The molecule has 0 aromatic heterocycles. The number of amides is 3. The van der Waals surface area contributed by atoms with Crippen LogP contribution in [0.2, 0.25) is 0 Å². The standard InChI is InChI=1S/C21H41N7O6/c1-10(2)9-14(20(33)34)26-19(32)16(12(5)29)28-18(31)15(11(3)4)27-17(30)13(22)7-6-8-25-21(23)24/h10-16,29H,6-9,22H2,1-5H3,(H,26,32)(H,27,30)(H,28,31)(H,33,34)(H4,23,24,25). The molecule has 0 heterocycles. The lowest BCUT2D eigenvalue weighted by molar-refractivity contribution is -0.143. The highest BCUT2D eigenvalue weighted by atomic mass is 16.4. The zero-order chi connectivity index (χ0) is 26.6. The molecule has 0 aliphatic carbocycles. The Bertz CT molecular complexity index is 722. The number of carboxylic acids is 1. The average Bonchev–Trinajstić information content (AvgIpc) is 2.70. The van der Waals surface area contributed by atoms with Crippen molar-refractivity contribution in [2.24, 2.45) is 34.0 Å². The van der Waals surface area contributed by atoms with Gasteiger partial charge in [0.05, 0.1) is 12.1 Å². The van der Waals surface area contributed by atoms with Crippen LogP contribution in [-0.4, -0.2) is 76.7 Å². The molecule has 0 aliphatic heterocycles. The third-order valence-corrected chi connectivity index (χ3v) is 4.94. The Morgan fingerprint density at radius 2 is 1.41 bits per heavy atom. The number of carbonyl (C=O) groups excluding carboxylic acids is 3. The molecule has 0 aromatic carbocycles. The number of hydrogen-bond donors (Lipinski definition) is 8. The molecular weight excluding hydrogens is 446 g/mol. The summed E-state index contributed by atoms with van der Waals surface area (Å²) in [6.07, 6.45) is -0.414. The second kappa shape index (κ2) is 15.1. The van der Waals surface area contributed by atoms with E-state index < -0.39 is 54.0 Å². The Morgan fingerprint density at radius 1 is 0.882 bits per heavy atom. The van der Waals surface area contributed by atoms with Crippen molar-refractivity contribution >= 4 is 29.7 Å². The molecule has 0 saturated carbocycles. The summed E-state index contributed by atoms with van der Waals surface area (Å²) in [5.74, 6) is -3.80. The predicted molar refractivity (Wildman–Crippen MR) is 127 cm³/mol. The van der Waals surface area contributed by atoms with Crippen LogP contribution in [0.15, 0.2) is 4.99 Å². The van der Waals surface area contributed by atoms with Gasteiger partial charge >= 0.3 is 5.97 Å². The third-order valence-electron chi connectivity index (χ3n) is 4.94. The Balaban J connectivity index is 5.23. The molecule has 196 valence electrons. The topological polar surface area (TPSA) is 235 Å². The lowest BCUT2D eigenvalue weighted by Gasteiger charge is -2.28. The number of carbonyl (C=O) groups is 4. The van der Waals surface area contributed by atoms with Crippen LogP contribution in [0.3, 0.4) is 0 Å². The molecule has 0 bridgehead atoms. The van der Waals surface area contributed by atoms with Crippen molar-refractivity contribution in [2.75, 3.05) is 6.54 Å². The number of nitrogens with zero attached hydrogens (tertiary/aromatic N) is 1. The molecule has 0 spiro atoms. The number of guanidine groups is 1. The van der Waals surface area contributed by atoms with Gasteiger partial charge in [0, 0.05) is 6.54 Å². The van der Waals surface area contributed by atoms with Crippen LogP contribution in [0.25, 0.3) is 0 Å². The highest BCUT2D eigenvalue weighted by Crippen LogP contribution is 2.08. The first-order chi connectivity index (χ1) is 15.7. The van der Waals surface area contributed by atoms with E-state index >= 15 is 0 Å². The number of aliphatic hydroxyl groups excluding tert-OH is 1. The molecule has 13 nitrogen and oxygen atoms in total. The second-order valence-electron chi connectivity index (χ2n) is 9.04. The van der Waals surface area contributed by atoms with Gasteiger partial charge in [-0.2, -0.15) is 0 Å².